The summed E-state index contributed by atoms with van der Waals surface area (Å²) in [5.74, 6) is -0.547. The topological polar surface area (TPSA) is 66.4 Å². The number of carbonyl (C=O) groups is 2. The van der Waals surface area contributed by atoms with E-state index in [1.54, 1.807) is 11.9 Å². The summed E-state index contributed by atoms with van der Waals surface area (Å²) >= 11 is 4.77. The molecular weight excluding hydrogens is 452 g/mol. The number of amides is 2. The lowest BCUT2D eigenvalue weighted by Crippen LogP contribution is -2.34. The van der Waals surface area contributed by atoms with Crippen molar-refractivity contribution in [1.29, 1.82) is 0 Å². The van der Waals surface area contributed by atoms with E-state index in [-0.39, 0.29) is 18.2 Å². The van der Waals surface area contributed by atoms with Gasteiger partial charge in [0, 0.05) is 35.7 Å². The SMILES string of the molecule is Cc1ccc(N2CC(C(=O)N(C)c3nnc(-c4ccc(Br)cc4)s3)CC2=O)cc1. The van der Waals surface area contributed by atoms with Gasteiger partial charge in [0.05, 0.1) is 5.92 Å². The molecule has 8 heteroatoms. The van der Waals surface area contributed by atoms with Crippen molar-refractivity contribution < 1.29 is 9.59 Å². The van der Waals surface area contributed by atoms with Crippen molar-refractivity contribution in [3.63, 3.8) is 0 Å². The summed E-state index contributed by atoms with van der Waals surface area (Å²) < 4.78 is 0.988. The molecule has 0 saturated carbocycles. The van der Waals surface area contributed by atoms with Crippen LogP contribution < -0.4 is 9.80 Å². The number of nitrogens with zero attached hydrogens (tertiary/aromatic N) is 4. The Morgan fingerprint density at radius 1 is 1.14 bits per heavy atom. The average molecular weight is 471 g/mol. The molecule has 4 rings (SSSR count). The number of rotatable bonds is 4. The van der Waals surface area contributed by atoms with Crippen LogP contribution in [0.1, 0.15) is 12.0 Å². The van der Waals surface area contributed by atoms with Crippen molar-refractivity contribution in [3.8, 4) is 10.6 Å². The molecule has 1 fully saturated rings. The van der Waals surface area contributed by atoms with Crippen molar-refractivity contribution in [1.82, 2.24) is 10.2 Å². The van der Waals surface area contributed by atoms with Crippen molar-refractivity contribution in [3.05, 3.63) is 58.6 Å². The van der Waals surface area contributed by atoms with Crippen LogP contribution in [0.5, 0.6) is 0 Å². The molecule has 0 radical (unpaired) electrons. The number of benzene rings is 2. The molecule has 1 saturated heterocycles. The summed E-state index contributed by atoms with van der Waals surface area (Å²) in [4.78, 5) is 28.7. The second kappa shape index (κ2) is 8.04. The molecule has 0 bridgehead atoms. The molecule has 1 atom stereocenters. The van der Waals surface area contributed by atoms with Crippen molar-refractivity contribution in [2.75, 3.05) is 23.4 Å². The Morgan fingerprint density at radius 3 is 2.52 bits per heavy atom. The third-order valence-corrected chi connectivity index (χ3v) is 6.52. The molecule has 6 nitrogen and oxygen atoms in total. The molecule has 0 N–H and O–H groups in total. The molecule has 1 aromatic heterocycles. The van der Waals surface area contributed by atoms with Crippen LogP contribution >= 0.6 is 27.3 Å². The van der Waals surface area contributed by atoms with Gasteiger partial charge in [0.25, 0.3) is 0 Å². The number of aromatic nitrogens is 2. The third kappa shape index (κ3) is 4.09. The number of hydrogen-bond acceptors (Lipinski definition) is 5. The first-order chi connectivity index (χ1) is 13.9. The lowest BCUT2D eigenvalue weighted by Gasteiger charge is -2.19. The van der Waals surface area contributed by atoms with Gasteiger partial charge in [0.2, 0.25) is 16.9 Å². The van der Waals surface area contributed by atoms with Crippen molar-refractivity contribution in [2.24, 2.45) is 5.92 Å². The molecule has 1 unspecified atom stereocenters. The van der Waals surface area contributed by atoms with Gasteiger partial charge in [-0.3, -0.25) is 14.5 Å². The molecule has 2 aromatic carbocycles. The van der Waals surface area contributed by atoms with Crippen LogP contribution in [0.3, 0.4) is 0 Å². The third-order valence-electron chi connectivity index (χ3n) is 4.94. The number of hydrogen-bond donors (Lipinski definition) is 0. The molecule has 0 aliphatic carbocycles. The summed E-state index contributed by atoms with van der Waals surface area (Å²) in [5.41, 5.74) is 2.90. The van der Waals surface area contributed by atoms with E-state index in [2.05, 4.69) is 26.1 Å². The van der Waals surface area contributed by atoms with Gasteiger partial charge in [-0.15, -0.1) is 10.2 Å². The number of anilines is 2. The summed E-state index contributed by atoms with van der Waals surface area (Å²) in [6, 6.07) is 15.5. The first kappa shape index (κ1) is 19.7. The maximum atomic E-state index is 13.0. The molecule has 3 aromatic rings. The summed E-state index contributed by atoms with van der Waals surface area (Å²) in [6.07, 6.45) is 0.204. The minimum absolute atomic E-state index is 0.0339. The van der Waals surface area contributed by atoms with E-state index in [0.717, 1.165) is 26.3 Å². The number of halogens is 1. The number of aryl methyl sites for hydroxylation is 1. The largest absolute Gasteiger partial charge is 0.312 e. The van der Waals surface area contributed by atoms with Crippen LogP contribution in [0.15, 0.2) is 53.0 Å². The predicted molar refractivity (Wildman–Crippen MR) is 118 cm³/mol. The normalized spacial score (nSPS) is 16.3. The quantitative estimate of drug-likeness (QED) is 0.570. The van der Waals surface area contributed by atoms with E-state index in [9.17, 15) is 9.59 Å². The smallest absolute Gasteiger partial charge is 0.233 e. The highest BCUT2D eigenvalue weighted by atomic mass is 79.9. The zero-order chi connectivity index (χ0) is 20.5. The standard InChI is InChI=1S/C21H19BrN4O2S/c1-13-3-9-17(10-4-13)26-12-15(11-18(26)27)20(28)25(2)21-24-23-19(29-21)14-5-7-16(22)8-6-14/h3-10,15H,11-12H2,1-2H3. The van der Waals surface area contributed by atoms with Crippen LogP contribution in [0.25, 0.3) is 10.6 Å². The van der Waals surface area contributed by atoms with E-state index in [0.29, 0.717) is 11.7 Å². The molecule has 2 heterocycles. The summed E-state index contributed by atoms with van der Waals surface area (Å²) in [5, 5.41) is 9.66. The zero-order valence-electron chi connectivity index (χ0n) is 16.0. The molecule has 148 valence electrons. The summed E-state index contributed by atoms with van der Waals surface area (Å²) in [7, 11) is 1.69. The van der Waals surface area contributed by atoms with Crippen LogP contribution in [0.4, 0.5) is 10.8 Å². The van der Waals surface area contributed by atoms with Gasteiger partial charge >= 0.3 is 0 Å². The van der Waals surface area contributed by atoms with Gasteiger partial charge in [-0.05, 0) is 31.2 Å². The van der Waals surface area contributed by atoms with Gasteiger partial charge in [-0.2, -0.15) is 0 Å². The minimum Gasteiger partial charge on any atom is -0.312 e. The first-order valence-electron chi connectivity index (χ1n) is 9.16. The van der Waals surface area contributed by atoms with Crippen molar-refractivity contribution in [2.45, 2.75) is 13.3 Å². The molecule has 29 heavy (non-hydrogen) atoms. The second-order valence-electron chi connectivity index (χ2n) is 7.03. The Bertz CT molecular complexity index is 1050. The van der Waals surface area contributed by atoms with Gasteiger partial charge in [0.15, 0.2) is 0 Å². The minimum atomic E-state index is -0.395. The van der Waals surface area contributed by atoms with E-state index in [1.807, 2.05) is 55.5 Å². The molecule has 2 amide bonds. The fourth-order valence-corrected chi connectivity index (χ4v) is 4.36. The van der Waals surface area contributed by atoms with E-state index in [4.69, 9.17) is 0 Å². The highest BCUT2D eigenvalue weighted by Crippen LogP contribution is 2.31. The Morgan fingerprint density at radius 2 is 1.83 bits per heavy atom. The van der Waals surface area contributed by atoms with Gasteiger partial charge < -0.3 is 4.90 Å². The van der Waals surface area contributed by atoms with Crippen LogP contribution in [-0.2, 0) is 9.59 Å². The Labute approximate surface area is 181 Å². The highest BCUT2D eigenvalue weighted by Gasteiger charge is 2.37. The van der Waals surface area contributed by atoms with Crippen LogP contribution in [-0.4, -0.2) is 35.6 Å². The second-order valence-corrected chi connectivity index (χ2v) is 8.91. The Balaban J connectivity index is 1.47. The zero-order valence-corrected chi connectivity index (χ0v) is 18.4. The predicted octanol–water partition coefficient (Wildman–Crippen LogP) is 4.29. The molecule has 1 aliphatic rings. The molecule has 1 aliphatic heterocycles. The maximum Gasteiger partial charge on any atom is 0.233 e. The molecule has 0 spiro atoms. The van der Waals surface area contributed by atoms with Crippen LogP contribution in [0, 0.1) is 12.8 Å². The van der Waals surface area contributed by atoms with E-state index >= 15 is 0 Å². The first-order valence-corrected chi connectivity index (χ1v) is 10.8. The van der Waals surface area contributed by atoms with Gasteiger partial charge in [-0.1, -0.05) is 57.1 Å². The average Bonchev–Trinajstić information content (AvgIpc) is 3.35. The fraction of sp³-hybridized carbons (Fsp3) is 0.238. The lowest BCUT2D eigenvalue weighted by atomic mass is 10.1. The van der Waals surface area contributed by atoms with E-state index < -0.39 is 5.92 Å². The fourth-order valence-electron chi connectivity index (χ4n) is 3.28. The van der Waals surface area contributed by atoms with E-state index in [1.165, 1.54) is 16.2 Å². The Hall–Kier alpha value is -2.58. The highest BCUT2D eigenvalue weighted by molar-refractivity contribution is 9.10. The molecular formula is C21H19BrN4O2S. The van der Waals surface area contributed by atoms with Crippen molar-refractivity contribution >= 4 is 49.9 Å². The summed E-state index contributed by atoms with van der Waals surface area (Å²) in [6.45, 7) is 2.38. The lowest BCUT2D eigenvalue weighted by molar-refractivity contribution is -0.124. The monoisotopic (exact) mass is 470 g/mol. The Kier molecular flexibility index (Phi) is 5.47. The van der Waals surface area contributed by atoms with Gasteiger partial charge in [-0.25, -0.2) is 0 Å². The van der Waals surface area contributed by atoms with Gasteiger partial charge in [0.1, 0.15) is 5.01 Å². The van der Waals surface area contributed by atoms with Crippen LogP contribution in [0.2, 0.25) is 0 Å². The maximum absolute atomic E-state index is 13.0. The number of carbonyl (C=O) groups excluding carboxylic acids is 2.